The van der Waals surface area contributed by atoms with Crippen LogP contribution in [0.15, 0.2) is 11.1 Å². The van der Waals surface area contributed by atoms with Gasteiger partial charge in [-0.3, -0.25) is 4.68 Å². The van der Waals surface area contributed by atoms with Crippen molar-refractivity contribution in [2.75, 3.05) is 32.5 Å². The molecule has 1 aliphatic rings. The molecule has 1 saturated heterocycles. The molecule has 0 radical (unpaired) electrons. The second-order valence-corrected chi connectivity index (χ2v) is 7.16. The summed E-state index contributed by atoms with van der Waals surface area (Å²) in [6, 6.07) is 0. The molecular weight excluding hydrogens is 284 g/mol. The van der Waals surface area contributed by atoms with Crippen molar-refractivity contribution in [2.45, 2.75) is 23.3 Å². The quantitative estimate of drug-likeness (QED) is 0.751. The predicted octanol–water partition coefficient (Wildman–Crippen LogP) is -0.836. The number of ether oxygens (including phenoxy) is 1. The van der Waals surface area contributed by atoms with Crippen LogP contribution in [-0.2, 0) is 21.8 Å². The standard InChI is InChI=1S/C11H20N4O4S/c1-14-7-9(10(12)13-14)20(17,18)15(2)8-11(16)3-5-19-6-4-11/h7,16H,3-6,8H2,1-2H3,(H2,12,13). The fraction of sp³-hybridized carbons (Fsp3) is 0.727. The van der Waals surface area contributed by atoms with Crippen LogP contribution in [-0.4, -0.2) is 60.0 Å². The van der Waals surface area contributed by atoms with E-state index >= 15 is 0 Å². The first kappa shape index (κ1) is 15.2. The zero-order chi connectivity index (χ0) is 15.0. The first-order valence-corrected chi connectivity index (χ1v) is 7.74. The molecule has 20 heavy (non-hydrogen) atoms. The number of likely N-dealkylation sites (N-methyl/N-ethyl adjacent to an activating group) is 1. The second-order valence-electron chi connectivity index (χ2n) is 5.15. The number of nitrogens with two attached hydrogens (primary N) is 1. The van der Waals surface area contributed by atoms with Crippen LogP contribution >= 0.6 is 0 Å². The van der Waals surface area contributed by atoms with Crippen molar-refractivity contribution in [3.63, 3.8) is 0 Å². The van der Waals surface area contributed by atoms with E-state index in [1.54, 1.807) is 7.05 Å². The van der Waals surface area contributed by atoms with E-state index in [4.69, 9.17) is 10.5 Å². The first-order valence-electron chi connectivity index (χ1n) is 6.30. The maximum absolute atomic E-state index is 12.4. The van der Waals surface area contributed by atoms with E-state index in [-0.39, 0.29) is 17.3 Å². The molecular formula is C11H20N4O4S. The number of hydrogen-bond acceptors (Lipinski definition) is 6. The maximum Gasteiger partial charge on any atom is 0.248 e. The normalized spacial score (nSPS) is 19.4. The molecule has 3 N–H and O–H groups in total. The molecule has 9 heteroatoms. The van der Waals surface area contributed by atoms with E-state index in [1.807, 2.05) is 0 Å². The SMILES string of the molecule is CN(CC1(O)CCOCC1)S(=O)(=O)c1cn(C)nc1N. The van der Waals surface area contributed by atoms with Crippen LogP contribution in [0.1, 0.15) is 12.8 Å². The fourth-order valence-electron chi connectivity index (χ4n) is 2.26. The molecule has 1 aromatic heterocycles. The molecule has 0 spiro atoms. The molecule has 0 atom stereocenters. The minimum atomic E-state index is -3.76. The number of nitrogens with zero attached hydrogens (tertiary/aromatic N) is 3. The molecule has 0 unspecified atom stereocenters. The summed E-state index contributed by atoms with van der Waals surface area (Å²) in [7, 11) is -0.738. The Morgan fingerprint density at radius 2 is 2.15 bits per heavy atom. The van der Waals surface area contributed by atoms with Crippen molar-refractivity contribution in [1.29, 1.82) is 0 Å². The highest BCUT2D eigenvalue weighted by Gasteiger charge is 2.36. The van der Waals surface area contributed by atoms with Gasteiger partial charge in [-0.2, -0.15) is 9.40 Å². The molecule has 0 aliphatic carbocycles. The molecule has 1 aliphatic heterocycles. The topological polar surface area (TPSA) is 111 Å². The highest BCUT2D eigenvalue weighted by Crippen LogP contribution is 2.25. The Kier molecular flexibility index (Phi) is 4.05. The van der Waals surface area contributed by atoms with E-state index in [9.17, 15) is 13.5 Å². The molecule has 1 aromatic rings. The van der Waals surface area contributed by atoms with Gasteiger partial charge in [-0.15, -0.1) is 0 Å². The van der Waals surface area contributed by atoms with Crippen LogP contribution in [0.3, 0.4) is 0 Å². The summed E-state index contributed by atoms with van der Waals surface area (Å²) in [5, 5.41) is 14.2. The van der Waals surface area contributed by atoms with Gasteiger partial charge in [0.15, 0.2) is 5.82 Å². The Bertz CT molecular complexity index is 577. The van der Waals surface area contributed by atoms with Crippen molar-refractivity contribution in [3.8, 4) is 0 Å². The number of sulfonamides is 1. The minimum absolute atomic E-state index is 0.00697. The number of nitrogen functional groups attached to an aromatic ring is 1. The van der Waals surface area contributed by atoms with Gasteiger partial charge in [-0.25, -0.2) is 8.42 Å². The van der Waals surface area contributed by atoms with Crippen molar-refractivity contribution < 1.29 is 18.3 Å². The third kappa shape index (κ3) is 2.95. The third-order valence-corrected chi connectivity index (χ3v) is 5.27. The molecule has 2 rings (SSSR count). The van der Waals surface area contributed by atoms with Gasteiger partial charge in [0.2, 0.25) is 10.0 Å². The smallest absolute Gasteiger partial charge is 0.248 e. The summed E-state index contributed by atoms with van der Waals surface area (Å²) in [5.41, 5.74) is 4.55. The molecule has 0 amide bonds. The van der Waals surface area contributed by atoms with Gasteiger partial charge >= 0.3 is 0 Å². The second kappa shape index (κ2) is 5.32. The largest absolute Gasteiger partial charge is 0.388 e. The number of aliphatic hydroxyl groups is 1. The summed E-state index contributed by atoms with van der Waals surface area (Å²) in [4.78, 5) is -0.0434. The Hall–Kier alpha value is -1.16. The Morgan fingerprint density at radius 1 is 1.55 bits per heavy atom. The summed E-state index contributed by atoms with van der Waals surface area (Å²) in [6.45, 7) is 0.867. The van der Waals surface area contributed by atoms with E-state index < -0.39 is 15.6 Å². The van der Waals surface area contributed by atoms with E-state index in [0.29, 0.717) is 26.1 Å². The lowest BCUT2D eigenvalue weighted by Gasteiger charge is -2.34. The van der Waals surface area contributed by atoms with E-state index in [2.05, 4.69) is 5.10 Å². The van der Waals surface area contributed by atoms with Crippen LogP contribution < -0.4 is 5.73 Å². The van der Waals surface area contributed by atoms with Crippen LogP contribution in [0.2, 0.25) is 0 Å². The van der Waals surface area contributed by atoms with Gasteiger partial charge in [0.05, 0.1) is 5.60 Å². The molecule has 8 nitrogen and oxygen atoms in total. The number of hydrogen-bond donors (Lipinski definition) is 2. The van der Waals surface area contributed by atoms with Crippen LogP contribution in [0.4, 0.5) is 5.82 Å². The Labute approximate surface area is 118 Å². The molecule has 2 heterocycles. The van der Waals surface area contributed by atoms with Crippen LogP contribution in [0.5, 0.6) is 0 Å². The zero-order valence-corrected chi connectivity index (χ0v) is 12.4. The van der Waals surface area contributed by atoms with Gasteiger partial charge in [0.1, 0.15) is 4.90 Å². The molecule has 1 fully saturated rings. The van der Waals surface area contributed by atoms with Gasteiger partial charge in [-0.05, 0) is 0 Å². The molecule has 0 aromatic carbocycles. The number of aromatic nitrogens is 2. The number of anilines is 1. The lowest BCUT2D eigenvalue weighted by Crippen LogP contribution is -2.47. The highest BCUT2D eigenvalue weighted by molar-refractivity contribution is 7.89. The molecule has 0 saturated carbocycles. The van der Waals surface area contributed by atoms with E-state index in [1.165, 1.54) is 17.9 Å². The minimum Gasteiger partial charge on any atom is -0.388 e. The van der Waals surface area contributed by atoms with Crippen molar-refractivity contribution in [3.05, 3.63) is 6.20 Å². The molecule has 0 bridgehead atoms. The van der Waals surface area contributed by atoms with Gasteiger partial charge < -0.3 is 15.6 Å². The van der Waals surface area contributed by atoms with Crippen LogP contribution in [0.25, 0.3) is 0 Å². The van der Waals surface area contributed by atoms with Gasteiger partial charge in [0.25, 0.3) is 0 Å². The Morgan fingerprint density at radius 3 is 2.65 bits per heavy atom. The lowest BCUT2D eigenvalue weighted by molar-refractivity contribution is -0.0689. The first-order chi connectivity index (χ1) is 9.24. The van der Waals surface area contributed by atoms with E-state index in [0.717, 1.165) is 4.31 Å². The average molecular weight is 304 g/mol. The van der Waals surface area contributed by atoms with Gasteiger partial charge in [0, 0.05) is 52.9 Å². The summed E-state index contributed by atoms with van der Waals surface area (Å²) in [6.07, 6.45) is 2.18. The predicted molar refractivity (Wildman–Crippen MR) is 72.4 cm³/mol. The highest BCUT2D eigenvalue weighted by atomic mass is 32.2. The molecule has 114 valence electrons. The fourth-order valence-corrected chi connectivity index (χ4v) is 3.60. The van der Waals surface area contributed by atoms with Gasteiger partial charge in [-0.1, -0.05) is 0 Å². The zero-order valence-electron chi connectivity index (χ0n) is 11.6. The number of rotatable bonds is 4. The van der Waals surface area contributed by atoms with Crippen LogP contribution in [0, 0.1) is 0 Å². The third-order valence-electron chi connectivity index (χ3n) is 3.45. The summed E-state index contributed by atoms with van der Waals surface area (Å²) >= 11 is 0. The monoisotopic (exact) mass is 304 g/mol. The number of aryl methyl sites for hydroxylation is 1. The Balaban J connectivity index is 2.19. The average Bonchev–Trinajstić information content (AvgIpc) is 2.69. The lowest BCUT2D eigenvalue weighted by atomic mass is 9.95. The van der Waals surface area contributed by atoms with Crippen molar-refractivity contribution in [2.24, 2.45) is 7.05 Å². The van der Waals surface area contributed by atoms with Crippen molar-refractivity contribution >= 4 is 15.8 Å². The maximum atomic E-state index is 12.4. The summed E-state index contributed by atoms with van der Waals surface area (Å²) in [5.74, 6) is -0.0432. The summed E-state index contributed by atoms with van der Waals surface area (Å²) < 4.78 is 32.5. The van der Waals surface area contributed by atoms with Crippen molar-refractivity contribution in [1.82, 2.24) is 14.1 Å².